The summed E-state index contributed by atoms with van der Waals surface area (Å²) >= 11 is 5.74. The summed E-state index contributed by atoms with van der Waals surface area (Å²) in [6.45, 7) is 3.68. The molecule has 0 amide bonds. The van der Waals surface area contributed by atoms with E-state index in [0.717, 1.165) is 38.2 Å². The molecule has 1 unspecified atom stereocenters. The maximum absolute atomic E-state index is 13.0. The van der Waals surface area contributed by atoms with Crippen LogP contribution in [0, 0.1) is 11.7 Å². The van der Waals surface area contributed by atoms with Gasteiger partial charge in [-0.2, -0.15) is 0 Å². The van der Waals surface area contributed by atoms with Crippen molar-refractivity contribution in [3.63, 3.8) is 0 Å². The van der Waals surface area contributed by atoms with Crippen LogP contribution in [0.15, 0.2) is 18.2 Å². The molecule has 1 aliphatic rings. The first kappa shape index (κ1) is 11.8. The van der Waals surface area contributed by atoms with Crippen molar-refractivity contribution in [1.29, 1.82) is 0 Å². The van der Waals surface area contributed by atoms with Gasteiger partial charge >= 0.3 is 0 Å². The number of halogens is 2. The highest BCUT2D eigenvalue weighted by atomic mass is 35.5. The fourth-order valence-corrected chi connectivity index (χ4v) is 2.35. The average molecular weight is 243 g/mol. The van der Waals surface area contributed by atoms with E-state index in [9.17, 15) is 4.39 Å². The van der Waals surface area contributed by atoms with Gasteiger partial charge in [0.05, 0.1) is 5.02 Å². The highest BCUT2D eigenvalue weighted by Crippen LogP contribution is 2.20. The molecule has 0 aliphatic carbocycles. The molecule has 16 heavy (non-hydrogen) atoms. The predicted octanol–water partition coefficient (Wildman–Crippen LogP) is 2.26. The van der Waals surface area contributed by atoms with Crippen molar-refractivity contribution in [2.45, 2.75) is 13.0 Å². The number of hydrogen-bond acceptors (Lipinski definition) is 2. The Bertz CT molecular complexity index is 370. The van der Waals surface area contributed by atoms with Gasteiger partial charge in [-0.25, -0.2) is 4.39 Å². The highest BCUT2D eigenvalue weighted by Gasteiger charge is 2.21. The van der Waals surface area contributed by atoms with E-state index in [4.69, 9.17) is 17.3 Å². The van der Waals surface area contributed by atoms with Crippen LogP contribution in [0.25, 0.3) is 0 Å². The Morgan fingerprint density at radius 2 is 2.31 bits per heavy atom. The number of benzene rings is 1. The van der Waals surface area contributed by atoms with Gasteiger partial charge in [0.1, 0.15) is 5.82 Å². The number of likely N-dealkylation sites (tertiary alicyclic amines) is 1. The Labute approximate surface area is 100 Å². The summed E-state index contributed by atoms with van der Waals surface area (Å²) in [6, 6.07) is 4.91. The second-order valence-corrected chi connectivity index (χ2v) is 4.78. The van der Waals surface area contributed by atoms with E-state index >= 15 is 0 Å². The molecule has 2 nitrogen and oxygen atoms in total. The van der Waals surface area contributed by atoms with Crippen LogP contribution in [0.5, 0.6) is 0 Å². The summed E-state index contributed by atoms with van der Waals surface area (Å²) in [5.74, 6) is 0.252. The van der Waals surface area contributed by atoms with E-state index in [1.807, 2.05) is 0 Å². The van der Waals surface area contributed by atoms with Gasteiger partial charge in [-0.1, -0.05) is 17.7 Å². The molecule has 0 saturated carbocycles. The standard InChI is InChI=1S/C12H16ClFN2/c13-11-5-9(1-2-12(11)14)7-16-4-3-10(6-15)8-16/h1-2,5,10H,3-4,6-8,15H2. The van der Waals surface area contributed by atoms with Gasteiger partial charge in [-0.05, 0) is 43.1 Å². The zero-order valence-electron chi connectivity index (χ0n) is 9.13. The highest BCUT2D eigenvalue weighted by molar-refractivity contribution is 6.30. The van der Waals surface area contributed by atoms with E-state index in [2.05, 4.69) is 4.90 Å². The lowest BCUT2D eigenvalue weighted by atomic mass is 10.1. The number of nitrogens with two attached hydrogens (primary N) is 1. The molecule has 1 aromatic carbocycles. The molecule has 0 aromatic heterocycles. The molecule has 1 fully saturated rings. The molecule has 2 rings (SSSR count). The Morgan fingerprint density at radius 1 is 1.50 bits per heavy atom. The van der Waals surface area contributed by atoms with E-state index < -0.39 is 0 Å². The number of hydrogen-bond donors (Lipinski definition) is 1. The van der Waals surface area contributed by atoms with Crippen LogP contribution < -0.4 is 5.73 Å². The summed E-state index contributed by atoms with van der Waals surface area (Å²) in [7, 11) is 0. The molecule has 4 heteroatoms. The Kier molecular flexibility index (Phi) is 3.79. The normalized spacial score (nSPS) is 21.6. The van der Waals surface area contributed by atoms with Crippen molar-refractivity contribution >= 4 is 11.6 Å². The first-order valence-corrected chi connectivity index (χ1v) is 5.93. The first-order valence-electron chi connectivity index (χ1n) is 5.55. The summed E-state index contributed by atoms with van der Waals surface area (Å²) in [5, 5.41) is 0.201. The molecular formula is C12H16ClFN2. The largest absolute Gasteiger partial charge is 0.330 e. The van der Waals surface area contributed by atoms with Gasteiger partial charge < -0.3 is 5.73 Å². The third-order valence-electron chi connectivity index (χ3n) is 3.09. The lowest BCUT2D eigenvalue weighted by molar-refractivity contribution is 0.318. The maximum Gasteiger partial charge on any atom is 0.141 e. The summed E-state index contributed by atoms with van der Waals surface area (Å²) in [4.78, 5) is 2.33. The first-order chi connectivity index (χ1) is 7.69. The molecule has 0 spiro atoms. The second-order valence-electron chi connectivity index (χ2n) is 4.37. The van der Waals surface area contributed by atoms with E-state index in [0.29, 0.717) is 5.92 Å². The monoisotopic (exact) mass is 242 g/mol. The van der Waals surface area contributed by atoms with Gasteiger partial charge in [-0.3, -0.25) is 4.90 Å². The maximum atomic E-state index is 13.0. The van der Waals surface area contributed by atoms with Crippen molar-refractivity contribution < 1.29 is 4.39 Å². The molecule has 88 valence electrons. The molecule has 1 aliphatic heterocycles. The SMILES string of the molecule is NCC1CCN(Cc2ccc(F)c(Cl)c2)C1. The molecule has 0 bridgehead atoms. The van der Waals surface area contributed by atoms with Crippen LogP contribution >= 0.6 is 11.6 Å². The van der Waals surface area contributed by atoms with Crippen LogP contribution in [-0.4, -0.2) is 24.5 Å². The topological polar surface area (TPSA) is 29.3 Å². The van der Waals surface area contributed by atoms with Crippen molar-refractivity contribution in [2.75, 3.05) is 19.6 Å². The third-order valence-corrected chi connectivity index (χ3v) is 3.38. The molecule has 1 aromatic rings. The van der Waals surface area contributed by atoms with Crippen molar-refractivity contribution in [3.8, 4) is 0 Å². The number of nitrogens with zero attached hydrogens (tertiary/aromatic N) is 1. The van der Waals surface area contributed by atoms with Gasteiger partial charge in [0.25, 0.3) is 0 Å². The lowest BCUT2D eigenvalue weighted by Crippen LogP contribution is -2.22. The summed E-state index contributed by atoms with van der Waals surface area (Å²) in [5.41, 5.74) is 6.70. The van der Waals surface area contributed by atoms with Crippen molar-refractivity contribution in [3.05, 3.63) is 34.6 Å². The van der Waals surface area contributed by atoms with Gasteiger partial charge in [0, 0.05) is 13.1 Å². The second kappa shape index (κ2) is 5.13. The molecule has 1 saturated heterocycles. The minimum absolute atomic E-state index is 0.201. The minimum atomic E-state index is -0.355. The van der Waals surface area contributed by atoms with Crippen LogP contribution in [0.1, 0.15) is 12.0 Å². The van der Waals surface area contributed by atoms with Crippen molar-refractivity contribution in [2.24, 2.45) is 11.7 Å². The van der Waals surface area contributed by atoms with Crippen LogP contribution in [-0.2, 0) is 6.54 Å². The zero-order valence-corrected chi connectivity index (χ0v) is 9.88. The Hall–Kier alpha value is -0.640. The predicted molar refractivity (Wildman–Crippen MR) is 63.8 cm³/mol. The lowest BCUT2D eigenvalue weighted by Gasteiger charge is -2.15. The van der Waals surface area contributed by atoms with Crippen LogP contribution in [0.4, 0.5) is 4.39 Å². The van der Waals surface area contributed by atoms with Crippen LogP contribution in [0.3, 0.4) is 0 Å². The third kappa shape index (κ3) is 2.73. The zero-order chi connectivity index (χ0) is 11.5. The molecule has 2 N–H and O–H groups in total. The Morgan fingerprint density at radius 3 is 2.94 bits per heavy atom. The summed E-state index contributed by atoms with van der Waals surface area (Å²) < 4.78 is 13.0. The minimum Gasteiger partial charge on any atom is -0.330 e. The quantitative estimate of drug-likeness (QED) is 0.881. The Balaban J connectivity index is 1.97. The van der Waals surface area contributed by atoms with Gasteiger partial charge in [0.2, 0.25) is 0 Å². The molecule has 1 heterocycles. The molecular weight excluding hydrogens is 227 g/mol. The smallest absolute Gasteiger partial charge is 0.141 e. The molecule has 1 atom stereocenters. The van der Waals surface area contributed by atoms with Crippen molar-refractivity contribution in [1.82, 2.24) is 4.90 Å². The summed E-state index contributed by atoms with van der Waals surface area (Å²) in [6.07, 6.45) is 1.16. The fraction of sp³-hybridized carbons (Fsp3) is 0.500. The van der Waals surface area contributed by atoms with Crippen LogP contribution in [0.2, 0.25) is 5.02 Å². The van der Waals surface area contributed by atoms with E-state index in [-0.39, 0.29) is 10.8 Å². The van der Waals surface area contributed by atoms with E-state index in [1.54, 1.807) is 12.1 Å². The average Bonchev–Trinajstić information content (AvgIpc) is 2.71. The van der Waals surface area contributed by atoms with Gasteiger partial charge in [-0.15, -0.1) is 0 Å². The van der Waals surface area contributed by atoms with E-state index in [1.165, 1.54) is 6.07 Å². The molecule has 0 radical (unpaired) electrons. The fourth-order valence-electron chi connectivity index (χ4n) is 2.15. The number of rotatable bonds is 3. The van der Waals surface area contributed by atoms with Gasteiger partial charge in [0.15, 0.2) is 0 Å².